The molecule has 0 heterocycles. The molecule has 0 saturated heterocycles. The predicted molar refractivity (Wildman–Crippen MR) is 52.4 cm³/mol. The predicted octanol–water partition coefficient (Wildman–Crippen LogP) is 1.26. The average molecular weight is 177 g/mol. The minimum absolute atomic E-state index is 0. The summed E-state index contributed by atoms with van der Waals surface area (Å²) in [6.45, 7) is 5.93. The summed E-state index contributed by atoms with van der Waals surface area (Å²) in [7, 11) is 0. The fraction of sp³-hybridized carbons (Fsp3) is 0.833. The van der Waals surface area contributed by atoms with E-state index in [0.717, 1.165) is 6.42 Å². The van der Waals surface area contributed by atoms with Gasteiger partial charge in [0, 0.05) is 0 Å². The molecular weight excluding hydrogens is 160 g/mol. The molecule has 0 aromatic rings. The summed E-state index contributed by atoms with van der Waals surface area (Å²) >= 11 is 0. The van der Waals surface area contributed by atoms with Crippen LogP contribution in [0.2, 0.25) is 0 Å². The molecule has 3 heteroatoms. The Labute approximate surface area is 85.8 Å². The quantitative estimate of drug-likeness (QED) is 0.346. The molecule has 0 spiro atoms. The Bertz CT molecular complexity index is 25.0. The van der Waals surface area contributed by atoms with Crippen LogP contribution >= 0.6 is 12.4 Å². The summed E-state index contributed by atoms with van der Waals surface area (Å²) in [5, 5.41) is 0. The summed E-state index contributed by atoms with van der Waals surface area (Å²) in [5.74, 6) is 0. The monoisotopic (exact) mass is 176 g/mol. The van der Waals surface area contributed by atoms with Crippen LogP contribution in [0, 0.1) is 6.92 Å². The van der Waals surface area contributed by atoms with Gasteiger partial charge in [0.2, 0.25) is 0 Å². The fourth-order valence-electron chi connectivity index (χ4n) is 0.427. The molecule has 0 aromatic carbocycles. The Morgan fingerprint density at radius 3 is 1.78 bits per heavy atom. The van der Waals surface area contributed by atoms with Crippen LogP contribution < -0.4 is 0 Å². The summed E-state index contributed by atoms with van der Waals surface area (Å²) in [6.07, 6.45) is 5.07. The van der Waals surface area contributed by atoms with E-state index in [0.29, 0.717) is 0 Å². The number of unbranched alkanes of at least 4 members (excludes halogenated alkanes) is 3. The molecule has 0 fully saturated rings. The summed E-state index contributed by atoms with van der Waals surface area (Å²) in [5.41, 5.74) is 0. The minimum atomic E-state index is 0. The Balaban J connectivity index is -0.0000000417. The Hall–Kier alpha value is 1.27. The van der Waals surface area contributed by atoms with E-state index in [1.54, 1.807) is 0 Å². The molecule has 0 radical (unpaired) electrons. The second-order valence-electron chi connectivity index (χ2n) is 1.56. The van der Waals surface area contributed by atoms with E-state index in [4.69, 9.17) is 0 Å². The van der Waals surface area contributed by atoms with Crippen LogP contribution in [0.15, 0.2) is 0 Å². The Morgan fingerprint density at radius 2 is 1.67 bits per heavy atom. The van der Waals surface area contributed by atoms with E-state index >= 15 is 0 Å². The van der Waals surface area contributed by atoms with Gasteiger partial charge in [-0.25, -0.2) is 0 Å². The van der Waals surface area contributed by atoms with Gasteiger partial charge in [0.05, 0.1) is 0 Å². The van der Waals surface area contributed by atoms with E-state index in [9.17, 15) is 0 Å². The smallest absolute Gasteiger partial charge is 0.343 e. The third kappa shape index (κ3) is 26.9. The fourth-order valence-corrected chi connectivity index (χ4v) is 0.427. The van der Waals surface area contributed by atoms with Gasteiger partial charge in [0.15, 0.2) is 0 Å². The summed E-state index contributed by atoms with van der Waals surface area (Å²) < 4.78 is 0. The molecule has 0 aliphatic heterocycles. The van der Waals surface area contributed by atoms with Gasteiger partial charge >= 0.3 is 23.1 Å². The van der Waals surface area contributed by atoms with Gasteiger partial charge in [0.1, 0.15) is 0 Å². The number of halogens is 1. The molecule has 0 atom stereocenters. The summed E-state index contributed by atoms with van der Waals surface area (Å²) in [6, 6.07) is 0. The molecule has 0 saturated carbocycles. The largest absolute Gasteiger partial charge is 2.00 e. The first-order valence-electron chi connectivity index (χ1n) is 2.71. The minimum Gasteiger partial charge on any atom is -0.343 e. The van der Waals surface area contributed by atoms with Crippen molar-refractivity contribution in [2.75, 3.05) is 0 Å². The molecule has 0 aliphatic rings. The van der Waals surface area contributed by atoms with Crippen molar-refractivity contribution >= 4 is 46.4 Å². The maximum atomic E-state index is 3.72. The first kappa shape index (κ1) is 22.4. The van der Waals surface area contributed by atoms with Crippen molar-refractivity contribution in [3.63, 3.8) is 0 Å². The first-order chi connectivity index (χ1) is 2.91. The van der Waals surface area contributed by atoms with E-state index in [1.807, 2.05) is 0 Å². The first-order valence-corrected chi connectivity index (χ1v) is 2.71. The van der Waals surface area contributed by atoms with Gasteiger partial charge in [-0.2, -0.15) is 6.42 Å². The zero-order valence-corrected chi connectivity index (χ0v) is 10.9. The van der Waals surface area contributed by atoms with Crippen LogP contribution in [0.3, 0.4) is 0 Å². The van der Waals surface area contributed by atoms with Crippen molar-refractivity contribution in [2.24, 2.45) is 0 Å². The second kappa shape index (κ2) is 22.8. The SMILES string of the molecule is Cl.[CH2-]CCCCC.[Mg+2].[SiH3-]. The van der Waals surface area contributed by atoms with Crippen molar-refractivity contribution in [1.82, 2.24) is 0 Å². The van der Waals surface area contributed by atoms with Crippen LogP contribution in [0.4, 0.5) is 0 Å². The Morgan fingerprint density at radius 1 is 1.22 bits per heavy atom. The Kier molecular flexibility index (Phi) is 56.9. The molecule has 0 amide bonds. The normalized spacial score (nSPS) is 6.00. The van der Waals surface area contributed by atoms with Gasteiger partial charge < -0.3 is 17.9 Å². The third-order valence-corrected chi connectivity index (χ3v) is 0.854. The number of hydrogen-bond acceptors (Lipinski definition) is 0. The molecule has 9 heavy (non-hydrogen) atoms. The van der Waals surface area contributed by atoms with Crippen molar-refractivity contribution < 1.29 is 0 Å². The van der Waals surface area contributed by atoms with Crippen LogP contribution in [0.1, 0.15) is 32.6 Å². The van der Waals surface area contributed by atoms with E-state index in [2.05, 4.69) is 13.8 Å². The van der Waals surface area contributed by atoms with Crippen LogP contribution in [-0.4, -0.2) is 34.0 Å². The topological polar surface area (TPSA) is 0 Å². The van der Waals surface area contributed by atoms with Crippen molar-refractivity contribution in [1.29, 1.82) is 0 Å². The molecule has 0 aromatic heterocycles. The average Bonchev–Trinajstić information content (AvgIpc) is 1.61. The van der Waals surface area contributed by atoms with Crippen molar-refractivity contribution in [3.05, 3.63) is 6.92 Å². The maximum absolute atomic E-state index is 3.72. The molecule has 0 N–H and O–H groups in total. The van der Waals surface area contributed by atoms with Crippen molar-refractivity contribution in [2.45, 2.75) is 32.6 Å². The third-order valence-electron chi connectivity index (χ3n) is 0.854. The van der Waals surface area contributed by atoms with Gasteiger partial charge in [-0.3, -0.25) is 0 Å². The second-order valence-corrected chi connectivity index (χ2v) is 1.56. The molecule has 0 rings (SSSR count). The molecule has 54 valence electrons. The van der Waals surface area contributed by atoms with E-state index in [-0.39, 0.29) is 46.4 Å². The van der Waals surface area contributed by atoms with Gasteiger partial charge in [-0.15, -0.1) is 12.4 Å². The van der Waals surface area contributed by atoms with Crippen LogP contribution in [0.25, 0.3) is 0 Å². The standard InChI is InChI=1S/C6H13.ClH.Mg.H3Si/c1-3-5-6-4-2;;;/h1,3-6H2,2H3;1H;;1H3/q-1;;+2;-1. The van der Waals surface area contributed by atoms with E-state index in [1.165, 1.54) is 19.3 Å². The molecule has 0 bridgehead atoms. The summed E-state index contributed by atoms with van der Waals surface area (Å²) in [4.78, 5) is 0. The number of hydrogen-bond donors (Lipinski definition) is 0. The van der Waals surface area contributed by atoms with Gasteiger partial charge in [0.25, 0.3) is 0 Å². The number of rotatable bonds is 3. The molecule has 0 aliphatic carbocycles. The van der Waals surface area contributed by atoms with E-state index < -0.39 is 0 Å². The zero-order valence-electron chi connectivity index (χ0n) is 6.65. The van der Waals surface area contributed by atoms with Crippen molar-refractivity contribution in [3.8, 4) is 0 Å². The van der Waals surface area contributed by atoms with Crippen LogP contribution in [0.5, 0.6) is 0 Å². The molecular formula is C6H17ClMgSi. The van der Waals surface area contributed by atoms with Gasteiger partial charge in [-0.05, 0) is 0 Å². The van der Waals surface area contributed by atoms with Crippen LogP contribution in [-0.2, 0) is 0 Å². The molecule has 0 nitrogen and oxygen atoms in total. The zero-order chi connectivity index (χ0) is 4.83. The van der Waals surface area contributed by atoms with Gasteiger partial charge in [-0.1, -0.05) is 26.2 Å². The maximum Gasteiger partial charge on any atom is 2.00 e. The molecule has 0 unspecified atom stereocenters.